The van der Waals surface area contributed by atoms with Gasteiger partial charge < -0.3 is 0 Å². The summed E-state index contributed by atoms with van der Waals surface area (Å²) in [5, 5.41) is 7.35. The molecule has 0 spiro atoms. The number of pyridine rings is 1. The molecule has 2 aromatic heterocycles. The number of hydrogen-bond acceptors (Lipinski definition) is 2. The van der Waals surface area contributed by atoms with Gasteiger partial charge in [-0.25, -0.2) is 0 Å². The molecule has 0 saturated carbocycles. The topological polar surface area (TPSA) is 30.7 Å². The number of aromatic nitrogens is 3. The van der Waals surface area contributed by atoms with E-state index in [2.05, 4.69) is 55.6 Å². The number of terminal acetylenes is 1. The van der Waals surface area contributed by atoms with Gasteiger partial charge in [-0.1, -0.05) is 38.8 Å². The normalized spacial score (nSPS) is 11.2. The van der Waals surface area contributed by atoms with Crippen molar-refractivity contribution < 1.29 is 0 Å². The van der Waals surface area contributed by atoms with Crippen LogP contribution >= 0.6 is 0 Å². The summed E-state index contributed by atoms with van der Waals surface area (Å²) in [4.78, 5) is 4.78. The molecular formula is C25H25N3. The van der Waals surface area contributed by atoms with Crippen molar-refractivity contribution in [3.05, 3.63) is 59.3 Å². The maximum absolute atomic E-state index is 5.53. The van der Waals surface area contributed by atoms with E-state index in [0.717, 1.165) is 53.7 Å². The third-order valence-electron chi connectivity index (χ3n) is 5.43. The molecule has 28 heavy (non-hydrogen) atoms. The molecule has 0 aliphatic carbocycles. The summed E-state index contributed by atoms with van der Waals surface area (Å²) in [5.74, 6) is 2.69. The maximum Gasteiger partial charge on any atom is 0.101 e. The second-order valence-corrected chi connectivity index (χ2v) is 7.16. The summed E-state index contributed by atoms with van der Waals surface area (Å²) < 4.78 is 2.09. The average Bonchev–Trinajstić information content (AvgIpc) is 3.11. The Morgan fingerprint density at radius 3 is 2.36 bits per heavy atom. The molecular weight excluding hydrogens is 342 g/mol. The van der Waals surface area contributed by atoms with E-state index in [4.69, 9.17) is 16.5 Å². The van der Waals surface area contributed by atoms with E-state index in [1.54, 1.807) is 0 Å². The first-order valence-electron chi connectivity index (χ1n) is 10.1. The van der Waals surface area contributed by atoms with Crippen LogP contribution < -0.4 is 0 Å². The Hall–Kier alpha value is -3.12. The minimum atomic E-state index is 0.875. The van der Waals surface area contributed by atoms with E-state index in [1.165, 1.54) is 21.9 Å². The van der Waals surface area contributed by atoms with Crippen LogP contribution in [-0.2, 0) is 19.4 Å². The molecule has 0 N–H and O–H groups in total. The molecule has 2 heterocycles. The first-order valence-corrected chi connectivity index (χ1v) is 10.1. The highest BCUT2D eigenvalue weighted by molar-refractivity contribution is 6.11. The Kier molecular flexibility index (Phi) is 4.88. The quantitative estimate of drug-likeness (QED) is 0.419. The molecule has 0 aliphatic rings. The maximum atomic E-state index is 5.53. The van der Waals surface area contributed by atoms with Crippen molar-refractivity contribution in [1.82, 2.24) is 14.8 Å². The molecule has 140 valence electrons. The number of nitrogens with zero attached hydrogens (tertiary/aromatic N) is 3. The third kappa shape index (κ3) is 2.96. The Labute approximate surface area is 166 Å². The van der Waals surface area contributed by atoms with Gasteiger partial charge in [0.25, 0.3) is 0 Å². The number of aryl methyl sites for hydroxylation is 3. The summed E-state index contributed by atoms with van der Waals surface area (Å²) >= 11 is 0. The van der Waals surface area contributed by atoms with E-state index >= 15 is 0 Å². The summed E-state index contributed by atoms with van der Waals surface area (Å²) in [6.45, 7) is 7.47. The van der Waals surface area contributed by atoms with Gasteiger partial charge in [-0.2, -0.15) is 5.10 Å². The summed E-state index contributed by atoms with van der Waals surface area (Å²) in [6.07, 6.45) is 10.6. The lowest BCUT2D eigenvalue weighted by Crippen LogP contribution is -1.99. The second-order valence-electron chi connectivity index (χ2n) is 7.16. The van der Waals surface area contributed by atoms with Crippen LogP contribution in [0, 0.1) is 12.3 Å². The fraction of sp³-hybridized carbons (Fsp3) is 0.280. The smallest absolute Gasteiger partial charge is 0.101 e. The zero-order valence-corrected chi connectivity index (χ0v) is 16.8. The molecule has 2 aromatic carbocycles. The lowest BCUT2D eigenvalue weighted by Gasteiger charge is -2.10. The molecule has 0 atom stereocenters. The third-order valence-corrected chi connectivity index (χ3v) is 5.43. The summed E-state index contributed by atoms with van der Waals surface area (Å²) in [7, 11) is 0. The van der Waals surface area contributed by atoms with Crippen LogP contribution in [0.5, 0.6) is 0 Å². The van der Waals surface area contributed by atoms with Crippen molar-refractivity contribution in [3.63, 3.8) is 0 Å². The molecule has 0 radical (unpaired) electrons. The minimum Gasteiger partial charge on any atom is -0.263 e. The number of fused-ring (bicyclic) bond motifs is 3. The molecule has 3 heteroatoms. The molecule has 0 unspecified atom stereocenters. The lowest BCUT2D eigenvalue weighted by molar-refractivity contribution is 0.624. The van der Waals surface area contributed by atoms with Crippen molar-refractivity contribution in [1.29, 1.82) is 0 Å². The SMILES string of the molecule is C#Cc1ccc(-c2nn(CCC)c3cnc4cc(CC)c(CC)cc4c23)cc1. The fourth-order valence-corrected chi connectivity index (χ4v) is 3.95. The van der Waals surface area contributed by atoms with Gasteiger partial charge in [-0.3, -0.25) is 9.67 Å². The summed E-state index contributed by atoms with van der Waals surface area (Å²) in [5.41, 5.74) is 7.88. The number of hydrogen-bond donors (Lipinski definition) is 0. The first-order chi connectivity index (χ1) is 13.7. The van der Waals surface area contributed by atoms with Crippen LogP contribution in [0.3, 0.4) is 0 Å². The highest BCUT2D eigenvalue weighted by Crippen LogP contribution is 2.34. The van der Waals surface area contributed by atoms with Crippen molar-refractivity contribution >= 4 is 21.8 Å². The lowest BCUT2D eigenvalue weighted by atomic mass is 9.97. The molecule has 0 saturated heterocycles. The predicted molar refractivity (Wildman–Crippen MR) is 117 cm³/mol. The highest BCUT2D eigenvalue weighted by Gasteiger charge is 2.17. The van der Waals surface area contributed by atoms with E-state index in [1.807, 2.05) is 18.3 Å². The molecule has 3 nitrogen and oxygen atoms in total. The van der Waals surface area contributed by atoms with Crippen LogP contribution in [0.4, 0.5) is 0 Å². The minimum absolute atomic E-state index is 0.875. The van der Waals surface area contributed by atoms with E-state index in [9.17, 15) is 0 Å². The van der Waals surface area contributed by atoms with Crippen molar-refractivity contribution in [2.24, 2.45) is 0 Å². The second kappa shape index (κ2) is 7.48. The van der Waals surface area contributed by atoms with Crippen LogP contribution in [0.2, 0.25) is 0 Å². The Balaban J connectivity index is 2.07. The number of rotatable bonds is 5. The van der Waals surface area contributed by atoms with Gasteiger partial charge in [-0.05, 0) is 54.7 Å². The zero-order valence-electron chi connectivity index (χ0n) is 16.8. The largest absolute Gasteiger partial charge is 0.263 e. The van der Waals surface area contributed by atoms with Crippen molar-refractivity contribution in [3.8, 4) is 23.6 Å². The Bertz CT molecular complexity index is 1190. The van der Waals surface area contributed by atoms with Gasteiger partial charge >= 0.3 is 0 Å². The van der Waals surface area contributed by atoms with E-state index in [-0.39, 0.29) is 0 Å². The van der Waals surface area contributed by atoms with Crippen LogP contribution in [0.1, 0.15) is 43.9 Å². The van der Waals surface area contributed by atoms with Gasteiger partial charge in [0.05, 0.1) is 17.2 Å². The van der Waals surface area contributed by atoms with Gasteiger partial charge in [0, 0.05) is 28.4 Å². The van der Waals surface area contributed by atoms with Crippen LogP contribution in [0.15, 0.2) is 42.6 Å². The summed E-state index contributed by atoms with van der Waals surface area (Å²) in [6, 6.07) is 12.7. The van der Waals surface area contributed by atoms with Crippen molar-refractivity contribution in [2.75, 3.05) is 0 Å². The van der Waals surface area contributed by atoms with Crippen LogP contribution in [0.25, 0.3) is 33.1 Å². The predicted octanol–water partition coefficient (Wildman–Crippen LogP) is 5.77. The van der Waals surface area contributed by atoms with Gasteiger partial charge in [0.2, 0.25) is 0 Å². The molecule has 0 bridgehead atoms. The molecule has 0 fully saturated rings. The fourth-order valence-electron chi connectivity index (χ4n) is 3.95. The molecule has 4 rings (SSSR count). The average molecular weight is 367 g/mol. The van der Waals surface area contributed by atoms with E-state index in [0.29, 0.717) is 0 Å². The molecule has 0 aliphatic heterocycles. The van der Waals surface area contributed by atoms with E-state index < -0.39 is 0 Å². The monoisotopic (exact) mass is 367 g/mol. The van der Waals surface area contributed by atoms with Gasteiger partial charge in [0.15, 0.2) is 0 Å². The van der Waals surface area contributed by atoms with Crippen molar-refractivity contribution in [2.45, 2.75) is 46.6 Å². The van der Waals surface area contributed by atoms with Crippen LogP contribution in [-0.4, -0.2) is 14.8 Å². The zero-order chi connectivity index (χ0) is 19.7. The van der Waals surface area contributed by atoms with Gasteiger partial charge in [0.1, 0.15) is 5.69 Å². The first kappa shape index (κ1) is 18.3. The Morgan fingerprint density at radius 2 is 1.71 bits per heavy atom. The molecule has 4 aromatic rings. The Morgan fingerprint density at radius 1 is 1.00 bits per heavy atom. The highest BCUT2D eigenvalue weighted by atomic mass is 15.3. The molecule has 0 amide bonds. The standard InChI is InChI=1S/C25H25N3/c1-5-13-28-23-16-26-22-15-19(8-4)18(7-3)14-21(22)24(23)25(27-28)20-11-9-17(6-2)10-12-20/h2,9-12,14-16H,5,7-8,13H2,1,3-4H3. The number of benzene rings is 2. The van der Waals surface area contributed by atoms with Gasteiger partial charge in [-0.15, -0.1) is 6.42 Å².